The van der Waals surface area contributed by atoms with Gasteiger partial charge in [-0.15, -0.1) is 0 Å². The summed E-state index contributed by atoms with van der Waals surface area (Å²) in [6.45, 7) is 5.73. The summed E-state index contributed by atoms with van der Waals surface area (Å²) in [7, 11) is 0. The predicted molar refractivity (Wildman–Crippen MR) is 338 cm³/mol. The molecule has 0 saturated carbocycles. The van der Waals surface area contributed by atoms with Crippen molar-refractivity contribution in [3.05, 3.63) is 72.9 Å². The van der Waals surface area contributed by atoms with E-state index in [4.69, 9.17) is 14.2 Å². The molecule has 1 aliphatic rings. The van der Waals surface area contributed by atoms with Crippen LogP contribution in [0.15, 0.2) is 72.9 Å². The Labute approximate surface area is 496 Å². The van der Waals surface area contributed by atoms with Crippen LogP contribution in [0.1, 0.15) is 297 Å². The molecule has 11 nitrogen and oxygen atoms in total. The second kappa shape index (κ2) is 57.5. The number of aliphatic hydroxyl groups is 5. The van der Waals surface area contributed by atoms with E-state index in [2.05, 4.69) is 86.8 Å². The highest BCUT2D eigenvalue weighted by Crippen LogP contribution is 2.26. The van der Waals surface area contributed by atoms with Crippen LogP contribution in [0.4, 0.5) is 0 Å². The first kappa shape index (κ1) is 76.1. The number of esters is 1. The second-order valence-electron chi connectivity index (χ2n) is 23.2. The van der Waals surface area contributed by atoms with Crippen LogP contribution < -0.4 is 5.32 Å². The van der Waals surface area contributed by atoms with Gasteiger partial charge in [0.05, 0.1) is 25.4 Å². The molecular weight excluding hydrogens is 1010 g/mol. The molecule has 0 aromatic rings. The molecule has 0 aromatic carbocycles. The number of carbonyl (C=O) groups is 2. The minimum absolute atomic E-state index is 0.109. The van der Waals surface area contributed by atoms with Gasteiger partial charge in [0.1, 0.15) is 24.4 Å². The van der Waals surface area contributed by atoms with E-state index in [9.17, 15) is 35.1 Å². The average molecular weight is 1140 g/mol. The molecule has 81 heavy (non-hydrogen) atoms. The van der Waals surface area contributed by atoms with Crippen LogP contribution in [0.25, 0.3) is 0 Å². The van der Waals surface area contributed by atoms with Crippen molar-refractivity contribution in [2.45, 2.75) is 346 Å². The molecule has 11 heteroatoms. The van der Waals surface area contributed by atoms with Crippen molar-refractivity contribution in [3.63, 3.8) is 0 Å². The topological polar surface area (TPSA) is 175 Å². The Hall–Kier alpha value is -2.90. The number of carbonyl (C=O) groups excluding carboxylic acids is 2. The molecule has 1 rings (SSSR count). The molecule has 470 valence electrons. The van der Waals surface area contributed by atoms with Gasteiger partial charge in [0.15, 0.2) is 12.4 Å². The first-order valence-corrected chi connectivity index (χ1v) is 33.7. The van der Waals surface area contributed by atoms with Crippen LogP contribution in [0, 0.1) is 0 Å². The molecule has 0 radical (unpaired) electrons. The molecule has 0 spiro atoms. The molecule has 1 saturated heterocycles. The maximum absolute atomic E-state index is 13.5. The van der Waals surface area contributed by atoms with Crippen molar-refractivity contribution >= 4 is 11.9 Å². The van der Waals surface area contributed by atoms with Gasteiger partial charge in [-0.2, -0.15) is 0 Å². The lowest BCUT2D eigenvalue weighted by atomic mass is 9.99. The Kier molecular flexibility index (Phi) is 54.1. The monoisotopic (exact) mass is 1140 g/mol. The molecule has 8 unspecified atom stereocenters. The normalized spacial score (nSPS) is 19.1. The number of nitrogens with one attached hydrogen (secondary N) is 1. The summed E-state index contributed by atoms with van der Waals surface area (Å²) in [6, 6.07) is -1.03. The molecule has 1 amide bonds. The Balaban J connectivity index is 2.57. The second-order valence-corrected chi connectivity index (χ2v) is 23.2. The van der Waals surface area contributed by atoms with Gasteiger partial charge in [-0.1, -0.05) is 273 Å². The van der Waals surface area contributed by atoms with E-state index in [0.717, 1.165) is 96.3 Å². The zero-order valence-electron chi connectivity index (χ0n) is 52.1. The quantitative estimate of drug-likeness (QED) is 0.0149. The molecule has 0 bridgehead atoms. The lowest BCUT2D eigenvalue weighted by Crippen LogP contribution is -2.61. The molecular formula is C70H125NO10. The van der Waals surface area contributed by atoms with Gasteiger partial charge in [-0.05, 0) is 89.9 Å². The smallest absolute Gasteiger partial charge is 0.306 e. The number of ether oxygens (including phenoxy) is 3. The van der Waals surface area contributed by atoms with E-state index in [1.54, 1.807) is 6.08 Å². The van der Waals surface area contributed by atoms with E-state index in [1.165, 1.54) is 154 Å². The predicted octanol–water partition coefficient (Wildman–Crippen LogP) is 16.7. The van der Waals surface area contributed by atoms with Crippen LogP contribution >= 0.6 is 0 Å². The molecule has 8 atom stereocenters. The Morgan fingerprint density at radius 1 is 0.494 bits per heavy atom. The average Bonchev–Trinajstić information content (AvgIpc) is 3.51. The van der Waals surface area contributed by atoms with E-state index in [1.807, 2.05) is 6.08 Å². The molecule has 1 heterocycles. The lowest BCUT2D eigenvalue weighted by Gasteiger charge is -2.41. The number of hydrogen-bond donors (Lipinski definition) is 6. The number of hydrogen-bond acceptors (Lipinski definition) is 10. The van der Waals surface area contributed by atoms with E-state index in [0.29, 0.717) is 12.8 Å². The highest BCUT2D eigenvalue weighted by Gasteiger charge is 2.47. The number of amides is 1. The summed E-state index contributed by atoms with van der Waals surface area (Å²) in [6.07, 6.45) is 63.7. The molecule has 1 fully saturated rings. The third kappa shape index (κ3) is 45.2. The van der Waals surface area contributed by atoms with Gasteiger partial charge >= 0.3 is 5.97 Å². The van der Waals surface area contributed by atoms with Crippen molar-refractivity contribution in [3.8, 4) is 0 Å². The highest BCUT2D eigenvalue weighted by molar-refractivity contribution is 5.80. The maximum Gasteiger partial charge on any atom is 0.306 e. The zero-order chi connectivity index (χ0) is 58.9. The Morgan fingerprint density at radius 3 is 1.37 bits per heavy atom. The summed E-state index contributed by atoms with van der Waals surface area (Å²) in [5.74, 6) is -1.20. The summed E-state index contributed by atoms with van der Waals surface area (Å²) in [5, 5.41) is 57.1. The van der Waals surface area contributed by atoms with Gasteiger partial charge in [-0.25, -0.2) is 0 Å². The minimum Gasteiger partial charge on any atom is -0.454 e. The Morgan fingerprint density at radius 2 is 0.889 bits per heavy atom. The van der Waals surface area contributed by atoms with Gasteiger partial charge in [0.25, 0.3) is 0 Å². The van der Waals surface area contributed by atoms with Gasteiger partial charge in [0.2, 0.25) is 5.91 Å². The van der Waals surface area contributed by atoms with E-state index < -0.39 is 67.4 Å². The number of aliphatic hydroxyl groups excluding tert-OH is 5. The van der Waals surface area contributed by atoms with Crippen molar-refractivity contribution in [1.29, 1.82) is 0 Å². The standard InChI is InChI=1S/C70H125NO10/c1-4-7-10-13-16-19-22-24-26-27-28-29-30-31-32-33-34-35-36-38-39-42-45-48-51-54-57-63(74)69(78)71-61(62(73)56-53-50-47-44-41-21-18-15-12-9-6-3)60-79-70-68(67(77)66(76)64(59-72)80-70)81-65(75)58-55-52-49-46-43-40-37-25-23-20-17-14-11-8-5-2/h16-17,19-20,23-26,28-29,53,56,61-64,66-68,70,72-74,76-77H,4-15,18,21-22,27,30-52,54-55,57-60H2,1-3H3,(H,71,78)/b19-16-,20-17+,25-23+,26-24-,29-28-,56-53+. The van der Waals surface area contributed by atoms with E-state index in [-0.39, 0.29) is 19.4 Å². The number of rotatable bonds is 57. The highest BCUT2D eigenvalue weighted by atomic mass is 16.7. The fraction of sp³-hybridized carbons (Fsp3) is 0.800. The fourth-order valence-corrected chi connectivity index (χ4v) is 10.2. The van der Waals surface area contributed by atoms with Gasteiger partial charge in [-0.3, -0.25) is 9.59 Å². The SMILES string of the molecule is CCCCC/C=C\C/C=C\C/C=C\CCCCCCCCCCCCCCCC(O)C(=O)NC(COC1OC(CO)C(O)C(O)C1OC(=O)CCCCCCCC/C=C/C=C/CCCCC)C(O)/C=C/CCCCCCCCCCC. The maximum atomic E-state index is 13.5. The molecule has 1 aliphatic heterocycles. The van der Waals surface area contributed by atoms with Crippen LogP contribution in [-0.4, -0.2) is 99.6 Å². The summed E-state index contributed by atoms with van der Waals surface area (Å²) >= 11 is 0. The Bertz CT molecular complexity index is 1590. The first-order chi connectivity index (χ1) is 39.7. The van der Waals surface area contributed by atoms with E-state index >= 15 is 0 Å². The molecule has 0 aromatic heterocycles. The molecule has 0 aliphatic carbocycles. The summed E-state index contributed by atoms with van der Waals surface area (Å²) < 4.78 is 17.6. The van der Waals surface area contributed by atoms with Crippen LogP contribution in [0.5, 0.6) is 0 Å². The van der Waals surface area contributed by atoms with Crippen molar-refractivity contribution < 1.29 is 49.3 Å². The minimum atomic E-state index is -1.62. The van der Waals surface area contributed by atoms with Gasteiger partial charge < -0.3 is 45.1 Å². The number of allylic oxidation sites excluding steroid dienone is 11. The van der Waals surface area contributed by atoms with Gasteiger partial charge in [0, 0.05) is 6.42 Å². The molecule has 6 N–H and O–H groups in total. The van der Waals surface area contributed by atoms with Crippen LogP contribution in [0.3, 0.4) is 0 Å². The summed E-state index contributed by atoms with van der Waals surface area (Å²) in [5.41, 5.74) is 0. The largest absolute Gasteiger partial charge is 0.454 e. The third-order valence-electron chi connectivity index (χ3n) is 15.6. The fourth-order valence-electron chi connectivity index (χ4n) is 10.2. The lowest BCUT2D eigenvalue weighted by molar-refractivity contribution is -0.305. The number of unbranched alkanes of at least 4 members (excludes halogenated alkanes) is 34. The van der Waals surface area contributed by atoms with Crippen molar-refractivity contribution in [2.24, 2.45) is 0 Å². The van der Waals surface area contributed by atoms with Crippen LogP contribution in [-0.2, 0) is 23.8 Å². The zero-order valence-corrected chi connectivity index (χ0v) is 52.1. The summed E-state index contributed by atoms with van der Waals surface area (Å²) in [4.78, 5) is 26.6. The van der Waals surface area contributed by atoms with Crippen molar-refractivity contribution in [1.82, 2.24) is 5.32 Å². The van der Waals surface area contributed by atoms with Crippen LogP contribution in [0.2, 0.25) is 0 Å². The first-order valence-electron chi connectivity index (χ1n) is 33.7. The third-order valence-corrected chi connectivity index (χ3v) is 15.6. The van der Waals surface area contributed by atoms with Crippen molar-refractivity contribution in [2.75, 3.05) is 13.2 Å².